The number of rotatable bonds is 7. The van der Waals surface area contributed by atoms with Crippen molar-refractivity contribution in [1.82, 2.24) is 4.90 Å². The van der Waals surface area contributed by atoms with Crippen molar-refractivity contribution in [2.45, 2.75) is 19.5 Å². The molecule has 0 aliphatic heterocycles. The van der Waals surface area contributed by atoms with Crippen molar-refractivity contribution in [3.05, 3.63) is 52.0 Å². The first-order valence-corrected chi connectivity index (χ1v) is 8.78. The minimum atomic E-state index is -0.381. The van der Waals surface area contributed by atoms with Crippen LogP contribution in [-0.2, 0) is 11.3 Å². The molecule has 0 saturated heterocycles. The smallest absolute Gasteiger partial charge is 0.241 e. The summed E-state index contributed by atoms with van der Waals surface area (Å²) in [4.78, 5) is 14.5. The summed E-state index contributed by atoms with van der Waals surface area (Å²) in [6.07, 6.45) is 0. The summed E-state index contributed by atoms with van der Waals surface area (Å²) in [6.45, 7) is 2.37. The highest BCUT2D eigenvalue weighted by molar-refractivity contribution is 6.36. The van der Waals surface area contributed by atoms with Crippen molar-refractivity contribution >= 4 is 34.8 Å². The van der Waals surface area contributed by atoms with Crippen LogP contribution >= 0.6 is 23.2 Å². The third kappa shape index (κ3) is 5.04. The van der Waals surface area contributed by atoms with Gasteiger partial charge >= 0.3 is 0 Å². The Bertz CT molecular complexity index is 783. The van der Waals surface area contributed by atoms with Gasteiger partial charge < -0.3 is 14.8 Å². The van der Waals surface area contributed by atoms with Gasteiger partial charge in [0, 0.05) is 23.2 Å². The average Bonchev–Trinajstić information content (AvgIpc) is 2.63. The summed E-state index contributed by atoms with van der Waals surface area (Å²) >= 11 is 12.0. The molecule has 140 valence electrons. The molecule has 0 heterocycles. The molecule has 2 rings (SSSR count). The van der Waals surface area contributed by atoms with E-state index in [1.165, 1.54) is 0 Å². The molecule has 7 heteroatoms. The van der Waals surface area contributed by atoms with Crippen molar-refractivity contribution in [1.29, 1.82) is 0 Å². The molecule has 0 aliphatic rings. The normalized spacial score (nSPS) is 12.0. The van der Waals surface area contributed by atoms with Gasteiger partial charge in [-0.25, -0.2) is 0 Å². The van der Waals surface area contributed by atoms with Crippen molar-refractivity contribution < 1.29 is 14.3 Å². The Morgan fingerprint density at radius 3 is 2.50 bits per heavy atom. The van der Waals surface area contributed by atoms with Crippen LogP contribution in [0.4, 0.5) is 5.69 Å². The Hall–Kier alpha value is -1.95. The van der Waals surface area contributed by atoms with Gasteiger partial charge in [0.05, 0.1) is 31.0 Å². The van der Waals surface area contributed by atoms with Gasteiger partial charge in [0.1, 0.15) is 11.5 Å². The van der Waals surface area contributed by atoms with E-state index in [2.05, 4.69) is 5.32 Å². The average molecular weight is 397 g/mol. The van der Waals surface area contributed by atoms with Gasteiger partial charge in [-0.15, -0.1) is 0 Å². The number of hydrogen-bond donors (Lipinski definition) is 1. The molecule has 0 unspecified atom stereocenters. The molecule has 1 amide bonds. The van der Waals surface area contributed by atoms with Crippen LogP contribution in [0.15, 0.2) is 36.4 Å². The maximum atomic E-state index is 12.5. The molecule has 0 spiro atoms. The van der Waals surface area contributed by atoms with Crippen LogP contribution in [-0.4, -0.2) is 38.1 Å². The van der Waals surface area contributed by atoms with Crippen molar-refractivity contribution in [3.8, 4) is 11.5 Å². The van der Waals surface area contributed by atoms with E-state index in [1.807, 2.05) is 37.1 Å². The summed E-state index contributed by atoms with van der Waals surface area (Å²) in [6, 6.07) is 10.2. The first-order chi connectivity index (χ1) is 12.3. The van der Waals surface area contributed by atoms with E-state index in [9.17, 15) is 4.79 Å². The fraction of sp³-hybridized carbons (Fsp3) is 0.316. The summed E-state index contributed by atoms with van der Waals surface area (Å²) < 4.78 is 10.6. The number of likely N-dealkylation sites (N-methyl/N-ethyl adjacent to an activating group) is 1. The fourth-order valence-corrected chi connectivity index (χ4v) is 2.87. The van der Waals surface area contributed by atoms with Crippen LogP contribution in [0.25, 0.3) is 0 Å². The van der Waals surface area contributed by atoms with E-state index < -0.39 is 0 Å². The predicted octanol–water partition coefficient (Wildman–Crippen LogP) is 4.47. The number of methoxy groups -OCH3 is 2. The maximum absolute atomic E-state index is 12.5. The highest BCUT2D eigenvalue weighted by Gasteiger charge is 2.20. The third-order valence-corrected chi connectivity index (χ3v) is 4.69. The van der Waals surface area contributed by atoms with Crippen molar-refractivity contribution in [2.24, 2.45) is 0 Å². The third-order valence-electron chi connectivity index (χ3n) is 4.14. The van der Waals surface area contributed by atoms with Gasteiger partial charge in [0.2, 0.25) is 5.91 Å². The molecule has 0 saturated carbocycles. The largest absolute Gasteiger partial charge is 0.497 e. The molecule has 0 bridgehead atoms. The van der Waals surface area contributed by atoms with Crippen LogP contribution in [0.2, 0.25) is 10.0 Å². The quantitative estimate of drug-likeness (QED) is 0.749. The predicted molar refractivity (Wildman–Crippen MR) is 106 cm³/mol. The van der Waals surface area contributed by atoms with E-state index >= 15 is 0 Å². The molecule has 5 nitrogen and oxygen atoms in total. The van der Waals surface area contributed by atoms with E-state index in [0.29, 0.717) is 28.0 Å². The molecule has 2 aromatic rings. The van der Waals surface area contributed by atoms with Gasteiger partial charge in [-0.05, 0) is 38.2 Å². The Morgan fingerprint density at radius 1 is 1.15 bits per heavy atom. The number of carbonyl (C=O) groups is 1. The molecule has 0 aliphatic carbocycles. The first-order valence-electron chi connectivity index (χ1n) is 8.02. The zero-order valence-corrected chi connectivity index (χ0v) is 16.7. The number of anilines is 1. The molecular weight excluding hydrogens is 375 g/mol. The second-order valence-electron chi connectivity index (χ2n) is 5.88. The number of carbonyl (C=O) groups excluding carboxylic acids is 1. The standard InChI is InChI=1S/C19H22Cl2N2O3/c1-12(19(24)22-17-8-6-14(20)9-16(17)21)23(2)11-13-5-7-15(25-3)10-18(13)26-4/h5-10,12H,11H2,1-4H3,(H,22,24)/t12-/m1/s1. The van der Waals surface area contributed by atoms with Gasteiger partial charge in [0.15, 0.2) is 0 Å². The lowest BCUT2D eigenvalue weighted by Gasteiger charge is -2.25. The van der Waals surface area contributed by atoms with Crippen molar-refractivity contribution in [2.75, 3.05) is 26.6 Å². The molecule has 26 heavy (non-hydrogen) atoms. The Kier molecular flexibility index (Phi) is 7.14. The summed E-state index contributed by atoms with van der Waals surface area (Å²) in [7, 11) is 5.09. The molecule has 2 aromatic carbocycles. The van der Waals surface area contributed by atoms with E-state index in [1.54, 1.807) is 32.4 Å². The fourth-order valence-electron chi connectivity index (χ4n) is 2.42. The molecule has 1 atom stereocenters. The van der Waals surface area contributed by atoms with Crippen LogP contribution < -0.4 is 14.8 Å². The zero-order chi connectivity index (χ0) is 19.3. The zero-order valence-electron chi connectivity index (χ0n) is 15.2. The minimum absolute atomic E-state index is 0.163. The Morgan fingerprint density at radius 2 is 1.88 bits per heavy atom. The summed E-state index contributed by atoms with van der Waals surface area (Å²) in [5.41, 5.74) is 1.49. The number of amides is 1. The summed E-state index contributed by atoms with van der Waals surface area (Å²) in [5.74, 6) is 1.27. The number of nitrogens with zero attached hydrogens (tertiary/aromatic N) is 1. The topological polar surface area (TPSA) is 50.8 Å². The SMILES string of the molecule is COc1ccc(CN(C)[C@H](C)C(=O)Nc2ccc(Cl)cc2Cl)c(OC)c1. The lowest BCUT2D eigenvalue weighted by atomic mass is 10.1. The molecule has 1 N–H and O–H groups in total. The number of benzene rings is 2. The molecule has 0 fully saturated rings. The van der Waals surface area contributed by atoms with E-state index in [4.69, 9.17) is 32.7 Å². The Labute approximate surface area is 163 Å². The molecule has 0 radical (unpaired) electrons. The number of hydrogen-bond acceptors (Lipinski definition) is 4. The van der Waals surface area contributed by atoms with Crippen LogP contribution in [0, 0.1) is 0 Å². The van der Waals surface area contributed by atoms with Crippen LogP contribution in [0.1, 0.15) is 12.5 Å². The monoisotopic (exact) mass is 396 g/mol. The minimum Gasteiger partial charge on any atom is -0.497 e. The second-order valence-corrected chi connectivity index (χ2v) is 6.73. The highest BCUT2D eigenvalue weighted by Crippen LogP contribution is 2.27. The van der Waals surface area contributed by atoms with Crippen LogP contribution in [0.5, 0.6) is 11.5 Å². The summed E-state index contributed by atoms with van der Waals surface area (Å²) in [5, 5.41) is 3.75. The van der Waals surface area contributed by atoms with Crippen molar-refractivity contribution in [3.63, 3.8) is 0 Å². The first kappa shape index (κ1) is 20.4. The van der Waals surface area contributed by atoms with Gasteiger partial charge in [-0.3, -0.25) is 9.69 Å². The molecular formula is C19H22Cl2N2O3. The van der Waals surface area contributed by atoms with Crippen LogP contribution in [0.3, 0.4) is 0 Å². The molecule has 0 aromatic heterocycles. The van der Waals surface area contributed by atoms with E-state index in [-0.39, 0.29) is 11.9 Å². The maximum Gasteiger partial charge on any atom is 0.241 e. The highest BCUT2D eigenvalue weighted by atomic mass is 35.5. The number of halogens is 2. The number of ether oxygens (including phenoxy) is 2. The van der Waals surface area contributed by atoms with E-state index in [0.717, 1.165) is 11.3 Å². The van der Waals surface area contributed by atoms with Gasteiger partial charge in [-0.2, -0.15) is 0 Å². The lowest BCUT2D eigenvalue weighted by Crippen LogP contribution is -2.39. The lowest BCUT2D eigenvalue weighted by molar-refractivity contribution is -0.120. The Balaban J connectivity index is 2.06. The van der Waals surface area contributed by atoms with Gasteiger partial charge in [-0.1, -0.05) is 29.3 Å². The second kappa shape index (κ2) is 9.12. The number of nitrogens with one attached hydrogen (secondary N) is 1. The van der Waals surface area contributed by atoms with Gasteiger partial charge in [0.25, 0.3) is 0 Å².